The maximum Gasteiger partial charge on any atom is 0.249 e. The smallest absolute Gasteiger partial charge is 0.249 e. The Morgan fingerprint density at radius 1 is 1.00 bits per heavy atom. The average Bonchev–Trinajstić information content (AvgIpc) is 3.26. The van der Waals surface area contributed by atoms with Gasteiger partial charge in [-0.25, -0.2) is 0 Å². The van der Waals surface area contributed by atoms with Crippen molar-refractivity contribution >= 4 is 27.7 Å². The summed E-state index contributed by atoms with van der Waals surface area (Å²) in [5.41, 5.74) is 2.26. The molecule has 0 saturated carbocycles. The fourth-order valence-electron chi connectivity index (χ4n) is 3.64. The van der Waals surface area contributed by atoms with Gasteiger partial charge < -0.3 is 23.8 Å². The van der Waals surface area contributed by atoms with Crippen molar-refractivity contribution < 1.29 is 19.1 Å². The molecule has 2 aromatic rings. The highest BCUT2D eigenvalue weighted by Crippen LogP contribution is 2.15. The molecule has 0 spiro atoms. The van der Waals surface area contributed by atoms with E-state index in [2.05, 4.69) is 45.6 Å². The average molecular weight is 537 g/mol. The van der Waals surface area contributed by atoms with Crippen LogP contribution in [0.5, 0.6) is 0 Å². The number of benzene rings is 1. The molecule has 2 rings (SSSR count). The molecule has 2 amide bonds. The third-order valence-electron chi connectivity index (χ3n) is 5.54. The van der Waals surface area contributed by atoms with E-state index in [1.165, 1.54) is 12.7 Å². The SMILES string of the molecule is CCCCN(Cc1cccn1Cc1ccc(Br)cc1)C(=O)CN(CCCOCC)C(=O)COC. The van der Waals surface area contributed by atoms with Crippen LogP contribution in [0.4, 0.5) is 0 Å². The van der Waals surface area contributed by atoms with Crippen LogP contribution in [0, 0.1) is 0 Å². The maximum absolute atomic E-state index is 13.3. The van der Waals surface area contributed by atoms with Crippen molar-refractivity contribution in [3.8, 4) is 0 Å². The lowest BCUT2D eigenvalue weighted by molar-refractivity contribution is -0.143. The molecule has 1 aromatic heterocycles. The molecule has 188 valence electrons. The Morgan fingerprint density at radius 3 is 2.41 bits per heavy atom. The summed E-state index contributed by atoms with van der Waals surface area (Å²) in [6.07, 6.45) is 4.63. The molecule has 0 N–H and O–H groups in total. The molecule has 0 aliphatic heterocycles. The highest BCUT2D eigenvalue weighted by molar-refractivity contribution is 9.10. The summed E-state index contributed by atoms with van der Waals surface area (Å²) in [6, 6.07) is 12.3. The minimum atomic E-state index is -0.179. The van der Waals surface area contributed by atoms with Gasteiger partial charge in [-0.2, -0.15) is 0 Å². The first-order chi connectivity index (χ1) is 16.5. The molecule has 8 heteroatoms. The fraction of sp³-hybridized carbons (Fsp3) is 0.538. The molecular weight excluding hydrogens is 498 g/mol. The van der Waals surface area contributed by atoms with Crippen molar-refractivity contribution in [2.24, 2.45) is 0 Å². The lowest BCUT2D eigenvalue weighted by Gasteiger charge is -2.28. The predicted molar refractivity (Wildman–Crippen MR) is 138 cm³/mol. The number of amides is 2. The van der Waals surface area contributed by atoms with Gasteiger partial charge >= 0.3 is 0 Å². The number of carbonyl (C=O) groups is 2. The monoisotopic (exact) mass is 535 g/mol. The summed E-state index contributed by atoms with van der Waals surface area (Å²) in [7, 11) is 1.49. The largest absolute Gasteiger partial charge is 0.382 e. The van der Waals surface area contributed by atoms with E-state index in [1.807, 2.05) is 36.2 Å². The number of halogens is 1. The van der Waals surface area contributed by atoms with Crippen LogP contribution in [0.1, 0.15) is 44.4 Å². The molecule has 0 atom stereocenters. The number of ether oxygens (including phenoxy) is 2. The molecule has 0 saturated heterocycles. The van der Waals surface area contributed by atoms with E-state index in [9.17, 15) is 9.59 Å². The van der Waals surface area contributed by atoms with Crippen LogP contribution >= 0.6 is 15.9 Å². The molecule has 0 aliphatic carbocycles. The van der Waals surface area contributed by atoms with Gasteiger partial charge in [0, 0.05) is 56.3 Å². The normalized spacial score (nSPS) is 10.9. The number of hydrogen-bond acceptors (Lipinski definition) is 4. The number of methoxy groups -OCH3 is 1. The Morgan fingerprint density at radius 2 is 1.74 bits per heavy atom. The first-order valence-electron chi connectivity index (χ1n) is 12.0. The Bertz CT molecular complexity index is 869. The van der Waals surface area contributed by atoms with Gasteiger partial charge in [0.1, 0.15) is 6.61 Å². The zero-order chi connectivity index (χ0) is 24.8. The van der Waals surface area contributed by atoms with E-state index in [4.69, 9.17) is 9.47 Å². The zero-order valence-electron chi connectivity index (χ0n) is 20.7. The number of nitrogens with zero attached hydrogens (tertiary/aromatic N) is 3. The first kappa shape index (κ1) is 28.1. The Hall–Kier alpha value is -2.16. The highest BCUT2D eigenvalue weighted by atomic mass is 79.9. The highest BCUT2D eigenvalue weighted by Gasteiger charge is 2.22. The molecule has 34 heavy (non-hydrogen) atoms. The van der Waals surface area contributed by atoms with E-state index >= 15 is 0 Å². The number of aromatic nitrogens is 1. The molecule has 0 aliphatic rings. The molecule has 0 bridgehead atoms. The van der Waals surface area contributed by atoms with Gasteiger partial charge in [-0.1, -0.05) is 41.4 Å². The van der Waals surface area contributed by atoms with Crippen LogP contribution in [0.2, 0.25) is 0 Å². The van der Waals surface area contributed by atoms with Crippen LogP contribution in [-0.4, -0.2) is 72.7 Å². The Kier molecular flexibility index (Phi) is 13.0. The van der Waals surface area contributed by atoms with Crippen molar-refractivity contribution in [3.63, 3.8) is 0 Å². The van der Waals surface area contributed by atoms with Crippen molar-refractivity contribution in [2.75, 3.05) is 46.6 Å². The number of unbranched alkanes of at least 4 members (excludes halogenated alkanes) is 1. The third-order valence-corrected chi connectivity index (χ3v) is 6.07. The first-order valence-corrected chi connectivity index (χ1v) is 12.8. The topological polar surface area (TPSA) is 64.0 Å². The fourth-order valence-corrected chi connectivity index (χ4v) is 3.91. The minimum Gasteiger partial charge on any atom is -0.382 e. The van der Waals surface area contributed by atoms with Crippen LogP contribution in [-0.2, 0) is 32.2 Å². The third kappa shape index (κ3) is 9.60. The van der Waals surface area contributed by atoms with Crippen LogP contribution in [0.25, 0.3) is 0 Å². The standard InChI is InChI=1S/C26H38BrN3O4/c1-4-6-14-29(25(31)20-30(26(32)21-33-3)16-8-17-34-5-2)19-24-9-7-15-28(24)18-22-10-12-23(27)13-11-22/h7,9-13,15H,4-6,8,14,16-21H2,1-3H3. The van der Waals surface area contributed by atoms with Crippen LogP contribution in [0.3, 0.4) is 0 Å². The second-order valence-corrected chi connectivity index (χ2v) is 9.14. The summed E-state index contributed by atoms with van der Waals surface area (Å²) in [5.74, 6) is -0.230. The predicted octanol–water partition coefficient (Wildman–Crippen LogP) is 4.33. The van der Waals surface area contributed by atoms with Gasteiger partial charge in [0.05, 0.1) is 13.1 Å². The number of rotatable bonds is 16. The lowest BCUT2D eigenvalue weighted by Crippen LogP contribution is -2.44. The Balaban J connectivity index is 2.09. The lowest BCUT2D eigenvalue weighted by atomic mass is 10.2. The Labute approximate surface area is 212 Å². The summed E-state index contributed by atoms with van der Waals surface area (Å²) in [6.45, 7) is 7.63. The van der Waals surface area contributed by atoms with Crippen LogP contribution < -0.4 is 0 Å². The van der Waals surface area contributed by atoms with E-state index in [1.54, 1.807) is 4.90 Å². The second-order valence-electron chi connectivity index (χ2n) is 8.22. The minimum absolute atomic E-state index is 0.0348. The number of hydrogen-bond donors (Lipinski definition) is 0. The van der Waals surface area contributed by atoms with Gasteiger partial charge in [0.15, 0.2) is 0 Å². The zero-order valence-corrected chi connectivity index (χ0v) is 22.3. The second kappa shape index (κ2) is 15.7. The molecule has 1 heterocycles. The quantitative estimate of drug-likeness (QED) is 0.300. The summed E-state index contributed by atoms with van der Waals surface area (Å²) in [4.78, 5) is 29.4. The summed E-state index contributed by atoms with van der Waals surface area (Å²) >= 11 is 3.48. The molecular formula is C26H38BrN3O4. The van der Waals surface area contributed by atoms with E-state index in [-0.39, 0.29) is 25.0 Å². The van der Waals surface area contributed by atoms with E-state index < -0.39 is 0 Å². The van der Waals surface area contributed by atoms with Crippen LogP contribution in [0.15, 0.2) is 47.1 Å². The summed E-state index contributed by atoms with van der Waals surface area (Å²) < 4.78 is 13.7. The van der Waals surface area contributed by atoms with Crippen molar-refractivity contribution in [3.05, 3.63) is 58.3 Å². The number of carbonyl (C=O) groups excluding carboxylic acids is 2. The summed E-state index contributed by atoms with van der Waals surface area (Å²) in [5, 5.41) is 0. The van der Waals surface area contributed by atoms with Crippen molar-refractivity contribution in [1.29, 1.82) is 0 Å². The van der Waals surface area contributed by atoms with E-state index in [0.717, 1.165) is 29.6 Å². The molecule has 7 nitrogen and oxygen atoms in total. The molecule has 0 radical (unpaired) electrons. The van der Waals surface area contributed by atoms with Gasteiger partial charge in [-0.05, 0) is 49.6 Å². The van der Waals surface area contributed by atoms with Crippen molar-refractivity contribution in [2.45, 2.75) is 46.2 Å². The van der Waals surface area contributed by atoms with E-state index in [0.29, 0.717) is 39.3 Å². The van der Waals surface area contributed by atoms with Crippen molar-refractivity contribution in [1.82, 2.24) is 14.4 Å². The molecule has 0 fully saturated rings. The van der Waals surface area contributed by atoms with Gasteiger partial charge in [0.25, 0.3) is 0 Å². The van der Waals surface area contributed by atoms with Gasteiger partial charge in [-0.15, -0.1) is 0 Å². The van der Waals surface area contributed by atoms with Gasteiger partial charge in [0.2, 0.25) is 11.8 Å². The maximum atomic E-state index is 13.3. The van der Waals surface area contributed by atoms with Gasteiger partial charge in [-0.3, -0.25) is 9.59 Å². The molecule has 0 unspecified atom stereocenters. The molecule has 1 aromatic carbocycles.